The Hall–Kier alpha value is -1.23. The van der Waals surface area contributed by atoms with Gasteiger partial charge in [0.2, 0.25) is 0 Å². The van der Waals surface area contributed by atoms with E-state index in [1.54, 1.807) is 35.1 Å². The van der Waals surface area contributed by atoms with E-state index in [0.29, 0.717) is 5.88 Å². The average Bonchev–Trinajstić information content (AvgIpc) is 3.08. The van der Waals surface area contributed by atoms with Crippen molar-refractivity contribution in [3.8, 4) is 21.1 Å². The van der Waals surface area contributed by atoms with Crippen molar-refractivity contribution in [1.29, 1.82) is 0 Å². The Bertz CT molecular complexity index is 632. The SMILES string of the molecule is ClCc1sc(-c2ccncc2)nc1-c1cccs1. The summed E-state index contributed by atoms with van der Waals surface area (Å²) in [7, 11) is 0. The number of thiophene rings is 1. The zero-order valence-electron chi connectivity index (χ0n) is 9.34. The van der Waals surface area contributed by atoms with Gasteiger partial charge < -0.3 is 0 Å². The molecule has 0 radical (unpaired) electrons. The van der Waals surface area contributed by atoms with Crippen LogP contribution in [0.25, 0.3) is 21.1 Å². The highest BCUT2D eigenvalue weighted by Crippen LogP contribution is 2.36. The Morgan fingerprint density at radius 3 is 2.67 bits per heavy atom. The van der Waals surface area contributed by atoms with E-state index >= 15 is 0 Å². The van der Waals surface area contributed by atoms with Crippen LogP contribution in [0, 0.1) is 0 Å². The smallest absolute Gasteiger partial charge is 0.124 e. The maximum Gasteiger partial charge on any atom is 0.124 e. The molecule has 0 spiro atoms. The van der Waals surface area contributed by atoms with Crippen LogP contribution in [0.1, 0.15) is 4.88 Å². The van der Waals surface area contributed by atoms with Crippen molar-refractivity contribution in [3.05, 3.63) is 46.9 Å². The van der Waals surface area contributed by atoms with E-state index in [1.807, 2.05) is 18.2 Å². The third-order valence-electron chi connectivity index (χ3n) is 2.50. The molecule has 0 amide bonds. The van der Waals surface area contributed by atoms with E-state index in [0.717, 1.165) is 21.1 Å². The molecule has 5 heteroatoms. The second kappa shape index (κ2) is 5.18. The minimum Gasteiger partial charge on any atom is -0.265 e. The van der Waals surface area contributed by atoms with Gasteiger partial charge in [0.05, 0.1) is 16.5 Å². The molecule has 0 aliphatic carbocycles. The number of alkyl halides is 1. The monoisotopic (exact) mass is 292 g/mol. The molecular formula is C13H9ClN2S2. The van der Waals surface area contributed by atoms with E-state index in [2.05, 4.69) is 16.4 Å². The van der Waals surface area contributed by atoms with Gasteiger partial charge in [-0.2, -0.15) is 0 Å². The summed E-state index contributed by atoms with van der Waals surface area (Å²) in [5.41, 5.74) is 2.10. The quantitative estimate of drug-likeness (QED) is 0.656. The highest BCUT2D eigenvalue weighted by Gasteiger charge is 2.14. The van der Waals surface area contributed by atoms with Gasteiger partial charge in [-0.3, -0.25) is 4.98 Å². The number of halogens is 1. The summed E-state index contributed by atoms with van der Waals surface area (Å²) < 4.78 is 0. The molecular weight excluding hydrogens is 284 g/mol. The minimum atomic E-state index is 0.496. The van der Waals surface area contributed by atoms with Gasteiger partial charge in [-0.05, 0) is 23.6 Å². The summed E-state index contributed by atoms with van der Waals surface area (Å²) in [4.78, 5) is 11.0. The van der Waals surface area contributed by atoms with Crippen LogP contribution in [0.4, 0.5) is 0 Å². The molecule has 3 aromatic heterocycles. The minimum absolute atomic E-state index is 0.496. The second-order valence-electron chi connectivity index (χ2n) is 3.64. The lowest BCUT2D eigenvalue weighted by atomic mass is 10.3. The first kappa shape index (κ1) is 11.8. The van der Waals surface area contributed by atoms with Crippen LogP contribution in [0.3, 0.4) is 0 Å². The van der Waals surface area contributed by atoms with Gasteiger partial charge >= 0.3 is 0 Å². The zero-order valence-corrected chi connectivity index (χ0v) is 11.7. The van der Waals surface area contributed by atoms with Crippen LogP contribution in [-0.4, -0.2) is 9.97 Å². The summed E-state index contributed by atoms with van der Waals surface area (Å²) >= 11 is 9.35. The number of aromatic nitrogens is 2. The molecule has 0 aliphatic rings. The zero-order chi connectivity index (χ0) is 12.4. The number of rotatable bonds is 3. The molecule has 0 saturated heterocycles. The van der Waals surface area contributed by atoms with Gasteiger partial charge in [0, 0.05) is 22.8 Å². The van der Waals surface area contributed by atoms with E-state index < -0.39 is 0 Å². The van der Waals surface area contributed by atoms with E-state index in [1.165, 1.54) is 4.88 Å². The highest BCUT2D eigenvalue weighted by molar-refractivity contribution is 7.17. The van der Waals surface area contributed by atoms with Crippen LogP contribution in [0.15, 0.2) is 42.0 Å². The molecule has 3 rings (SSSR count). The van der Waals surface area contributed by atoms with Crippen molar-refractivity contribution in [1.82, 2.24) is 9.97 Å². The van der Waals surface area contributed by atoms with Crippen LogP contribution in [-0.2, 0) is 5.88 Å². The second-order valence-corrected chi connectivity index (χ2v) is 5.94. The van der Waals surface area contributed by atoms with E-state index in [4.69, 9.17) is 16.6 Å². The van der Waals surface area contributed by atoms with Crippen molar-refractivity contribution >= 4 is 34.3 Å². The molecule has 0 N–H and O–H groups in total. The molecule has 3 heterocycles. The Balaban J connectivity index is 2.09. The van der Waals surface area contributed by atoms with Crippen LogP contribution in [0.2, 0.25) is 0 Å². The van der Waals surface area contributed by atoms with Crippen LogP contribution < -0.4 is 0 Å². The van der Waals surface area contributed by atoms with Gasteiger partial charge in [0.1, 0.15) is 5.01 Å². The Morgan fingerprint density at radius 1 is 1.17 bits per heavy atom. The van der Waals surface area contributed by atoms with Gasteiger partial charge in [0.25, 0.3) is 0 Å². The van der Waals surface area contributed by atoms with Gasteiger partial charge in [0.15, 0.2) is 0 Å². The van der Waals surface area contributed by atoms with E-state index in [-0.39, 0.29) is 0 Å². The first-order chi connectivity index (χ1) is 8.88. The molecule has 0 aliphatic heterocycles. The molecule has 3 aromatic rings. The Labute approximate surface area is 118 Å². The summed E-state index contributed by atoms with van der Waals surface area (Å²) in [6, 6.07) is 8.04. The summed E-state index contributed by atoms with van der Waals surface area (Å²) in [5.74, 6) is 0.496. The van der Waals surface area contributed by atoms with E-state index in [9.17, 15) is 0 Å². The maximum absolute atomic E-state index is 6.01. The first-order valence-corrected chi connectivity index (χ1v) is 7.61. The van der Waals surface area contributed by atoms with Gasteiger partial charge in [-0.25, -0.2) is 4.98 Å². The molecule has 0 saturated carbocycles. The van der Waals surface area contributed by atoms with Gasteiger partial charge in [-0.1, -0.05) is 6.07 Å². The average molecular weight is 293 g/mol. The third-order valence-corrected chi connectivity index (χ3v) is 4.91. The molecule has 0 unspecified atom stereocenters. The van der Waals surface area contributed by atoms with Crippen LogP contribution >= 0.6 is 34.3 Å². The molecule has 90 valence electrons. The largest absolute Gasteiger partial charge is 0.265 e. The van der Waals surface area contributed by atoms with Crippen LogP contribution in [0.5, 0.6) is 0 Å². The van der Waals surface area contributed by atoms with Crippen molar-refractivity contribution < 1.29 is 0 Å². The Morgan fingerprint density at radius 2 is 2.00 bits per heavy atom. The number of pyridine rings is 1. The lowest BCUT2D eigenvalue weighted by Crippen LogP contribution is -1.79. The fraction of sp³-hybridized carbons (Fsp3) is 0.0769. The van der Waals surface area contributed by atoms with Gasteiger partial charge in [-0.15, -0.1) is 34.3 Å². The van der Waals surface area contributed by atoms with Crippen molar-refractivity contribution in [2.75, 3.05) is 0 Å². The molecule has 18 heavy (non-hydrogen) atoms. The lowest BCUT2D eigenvalue weighted by molar-refractivity contribution is 1.31. The molecule has 0 fully saturated rings. The molecule has 0 aromatic carbocycles. The first-order valence-electron chi connectivity index (χ1n) is 5.38. The number of thiazole rings is 1. The molecule has 2 nitrogen and oxygen atoms in total. The summed E-state index contributed by atoms with van der Waals surface area (Å²) in [5, 5.41) is 3.05. The fourth-order valence-electron chi connectivity index (χ4n) is 1.67. The fourth-order valence-corrected chi connectivity index (χ4v) is 3.69. The molecule has 0 atom stereocenters. The highest BCUT2D eigenvalue weighted by atomic mass is 35.5. The maximum atomic E-state index is 6.01. The summed E-state index contributed by atoms with van der Waals surface area (Å²) in [6.45, 7) is 0. The Kier molecular flexibility index (Phi) is 3.41. The number of hydrogen-bond acceptors (Lipinski definition) is 4. The van der Waals surface area contributed by atoms with Crippen molar-refractivity contribution in [3.63, 3.8) is 0 Å². The summed E-state index contributed by atoms with van der Waals surface area (Å²) in [6.07, 6.45) is 3.56. The molecule has 0 bridgehead atoms. The predicted octanol–water partition coefficient (Wildman–Crippen LogP) is 4.67. The van der Waals surface area contributed by atoms with Crippen molar-refractivity contribution in [2.45, 2.75) is 5.88 Å². The number of hydrogen-bond donors (Lipinski definition) is 0. The topological polar surface area (TPSA) is 25.8 Å². The standard InChI is InChI=1S/C13H9ClN2S2/c14-8-11-12(10-2-1-7-17-10)16-13(18-11)9-3-5-15-6-4-9/h1-7H,8H2. The lowest BCUT2D eigenvalue weighted by Gasteiger charge is -1.93. The normalized spacial score (nSPS) is 10.7. The van der Waals surface area contributed by atoms with Crippen molar-refractivity contribution in [2.24, 2.45) is 0 Å². The number of nitrogens with zero attached hydrogens (tertiary/aromatic N) is 2. The third kappa shape index (κ3) is 2.19. The predicted molar refractivity (Wildman–Crippen MR) is 78.2 cm³/mol.